The molecule has 3 rings (SSSR count). The summed E-state index contributed by atoms with van der Waals surface area (Å²) in [4.78, 5) is 29.4. The minimum atomic E-state index is -1.01. The summed E-state index contributed by atoms with van der Waals surface area (Å²) in [6.07, 6.45) is 1.71. The smallest absolute Gasteiger partial charge is 0.335 e. The zero-order valence-electron chi connectivity index (χ0n) is 13.8. The van der Waals surface area contributed by atoms with E-state index in [0.717, 1.165) is 11.3 Å². The summed E-state index contributed by atoms with van der Waals surface area (Å²) < 4.78 is 5.11. The van der Waals surface area contributed by atoms with E-state index in [1.807, 2.05) is 24.3 Å². The van der Waals surface area contributed by atoms with Gasteiger partial charge in [0.1, 0.15) is 17.3 Å². The Bertz CT molecular complexity index is 881. The van der Waals surface area contributed by atoms with Crippen LogP contribution in [0, 0.1) is 0 Å². The van der Waals surface area contributed by atoms with Crippen molar-refractivity contribution in [3.63, 3.8) is 0 Å². The first-order chi connectivity index (χ1) is 12.0. The molecule has 1 aliphatic heterocycles. The number of rotatable bonds is 4. The second-order valence-electron chi connectivity index (χ2n) is 5.45. The van der Waals surface area contributed by atoms with Crippen LogP contribution in [0.15, 0.2) is 59.2 Å². The number of anilines is 1. The molecule has 0 radical (unpaired) electrons. The van der Waals surface area contributed by atoms with Crippen molar-refractivity contribution in [1.29, 1.82) is 0 Å². The average molecular weight is 336 g/mol. The van der Waals surface area contributed by atoms with Crippen LogP contribution < -0.4 is 9.64 Å². The predicted molar refractivity (Wildman–Crippen MR) is 95.0 cm³/mol. The second-order valence-corrected chi connectivity index (χ2v) is 5.45. The van der Waals surface area contributed by atoms with Gasteiger partial charge in [-0.05, 0) is 55.0 Å². The van der Waals surface area contributed by atoms with Crippen molar-refractivity contribution in [3.05, 3.63) is 65.4 Å². The van der Waals surface area contributed by atoms with Crippen LogP contribution in [-0.4, -0.2) is 29.9 Å². The third-order valence-corrected chi connectivity index (χ3v) is 3.82. The number of methoxy groups -OCH3 is 1. The number of carboxylic acids is 1. The van der Waals surface area contributed by atoms with Gasteiger partial charge in [0.15, 0.2) is 0 Å². The minimum Gasteiger partial charge on any atom is -0.497 e. The lowest BCUT2D eigenvalue weighted by Crippen LogP contribution is -2.30. The first-order valence-corrected chi connectivity index (χ1v) is 7.58. The maximum atomic E-state index is 12.7. The molecule has 0 saturated heterocycles. The molecule has 0 aromatic heterocycles. The molecule has 0 aliphatic carbocycles. The van der Waals surface area contributed by atoms with Gasteiger partial charge in [-0.2, -0.15) is 0 Å². The highest BCUT2D eigenvalue weighted by Crippen LogP contribution is 2.25. The van der Waals surface area contributed by atoms with Gasteiger partial charge in [0, 0.05) is 0 Å². The van der Waals surface area contributed by atoms with Crippen LogP contribution in [0.3, 0.4) is 0 Å². The quantitative estimate of drug-likeness (QED) is 0.870. The molecule has 0 bridgehead atoms. The Kier molecular flexibility index (Phi) is 4.35. The van der Waals surface area contributed by atoms with E-state index in [4.69, 9.17) is 9.84 Å². The summed E-state index contributed by atoms with van der Waals surface area (Å²) >= 11 is 0. The summed E-state index contributed by atoms with van der Waals surface area (Å²) in [5, 5.41) is 8.97. The molecule has 0 spiro atoms. The Morgan fingerprint density at radius 1 is 1.12 bits per heavy atom. The maximum Gasteiger partial charge on any atom is 0.335 e. The molecule has 6 heteroatoms. The van der Waals surface area contributed by atoms with Crippen molar-refractivity contribution in [2.45, 2.75) is 6.92 Å². The molecule has 126 valence electrons. The Labute approximate surface area is 144 Å². The van der Waals surface area contributed by atoms with Crippen LogP contribution >= 0.6 is 0 Å². The maximum absolute atomic E-state index is 12.7. The van der Waals surface area contributed by atoms with Crippen LogP contribution in [0.5, 0.6) is 5.75 Å². The van der Waals surface area contributed by atoms with Gasteiger partial charge in [0.05, 0.1) is 18.4 Å². The highest BCUT2D eigenvalue weighted by Gasteiger charge is 2.28. The Hall–Kier alpha value is -3.41. The van der Waals surface area contributed by atoms with Crippen LogP contribution in [-0.2, 0) is 4.79 Å². The number of hydrogen-bond donors (Lipinski definition) is 1. The van der Waals surface area contributed by atoms with Gasteiger partial charge >= 0.3 is 5.97 Å². The number of amides is 1. The van der Waals surface area contributed by atoms with Gasteiger partial charge in [0.2, 0.25) is 0 Å². The molecule has 1 aliphatic rings. The summed E-state index contributed by atoms with van der Waals surface area (Å²) in [6, 6.07) is 13.4. The van der Waals surface area contributed by atoms with Gasteiger partial charge in [-0.15, -0.1) is 0 Å². The zero-order valence-corrected chi connectivity index (χ0v) is 13.8. The summed E-state index contributed by atoms with van der Waals surface area (Å²) in [5.74, 6) is 0.00809. The van der Waals surface area contributed by atoms with Crippen molar-refractivity contribution in [2.75, 3.05) is 12.0 Å². The van der Waals surface area contributed by atoms with Gasteiger partial charge in [-0.1, -0.05) is 12.1 Å². The van der Waals surface area contributed by atoms with E-state index in [2.05, 4.69) is 4.99 Å². The number of carboxylic acid groups (broad SMARTS) is 1. The van der Waals surface area contributed by atoms with Gasteiger partial charge in [-0.3, -0.25) is 9.69 Å². The van der Waals surface area contributed by atoms with Crippen molar-refractivity contribution >= 4 is 29.5 Å². The number of aliphatic imine (C=N–C) groups is 1. The highest BCUT2D eigenvalue weighted by atomic mass is 16.5. The monoisotopic (exact) mass is 336 g/mol. The van der Waals surface area contributed by atoms with E-state index >= 15 is 0 Å². The molecule has 0 atom stereocenters. The number of ether oxygens (including phenoxy) is 1. The van der Waals surface area contributed by atoms with E-state index in [1.54, 1.807) is 32.2 Å². The summed E-state index contributed by atoms with van der Waals surface area (Å²) in [5.41, 5.74) is 1.90. The molecule has 0 unspecified atom stereocenters. The molecule has 2 aromatic rings. The third-order valence-electron chi connectivity index (χ3n) is 3.82. The number of carbonyl (C=O) groups excluding carboxylic acids is 1. The molecule has 25 heavy (non-hydrogen) atoms. The Balaban J connectivity index is 1.87. The SMILES string of the molecule is COc1ccc(/C=C2\N=C(C)N(c3ccc(C(=O)O)cc3)C2=O)cc1. The zero-order chi connectivity index (χ0) is 18.0. The number of hydrogen-bond acceptors (Lipinski definition) is 4. The fraction of sp³-hybridized carbons (Fsp3) is 0.105. The fourth-order valence-electron chi connectivity index (χ4n) is 2.54. The van der Waals surface area contributed by atoms with Crippen LogP contribution in [0.1, 0.15) is 22.8 Å². The van der Waals surface area contributed by atoms with Crippen LogP contribution in [0.2, 0.25) is 0 Å². The molecule has 1 N–H and O–H groups in total. The molecule has 0 fully saturated rings. The predicted octanol–water partition coefficient (Wildman–Crippen LogP) is 3.20. The lowest BCUT2D eigenvalue weighted by Gasteiger charge is -2.16. The Morgan fingerprint density at radius 3 is 2.32 bits per heavy atom. The van der Waals surface area contributed by atoms with E-state index < -0.39 is 5.97 Å². The first-order valence-electron chi connectivity index (χ1n) is 7.58. The third kappa shape index (κ3) is 3.28. The average Bonchev–Trinajstić information content (AvgIpc) is 2.89. The van der Waals surface area contributed by atoms with Crippen molar-refractivity contribution in [1.82, 2.24) is 0 Å². The molecule has 1 amide bonds. The number of amidine groups is 1. The van der Waals surface area contributed by atoms with Gasteiger partial charge in [0.25, 0.3) is 5.91 Å². The van der Waals surface area contributed by atoms with Gasteiger partial charge < -0.3 is 9.84 Å². The number of aromatic carboxylic acids is 1. The van der Waals surface area contributed by atoms with Crippen molar-refractivity contribution in [2.24, 2.45) is 4.99 Å². The normalized spacial score (nSPS) is 15.4. The van der Waals surface area contributed by atoms with E-state index in [0.29, 0.717) is 17.2 Å². The van der Waals surface area contributed by atoms with Crippen LogP contribution in [0.25, 0.3) is 6.08 Å². The lowest BCUT2D eigenvalue weighted by atomic mass is 10.1. The van der Waals surface area contributed by atoms with Crippen molar-refractivity contribution in [3.8, 4) is 5.75 Å². The number of benzene rings is 2. The standard InChI is InChI=1S/C19H16N2O4/c1-12-20-17(11-13-3-9-16(25-2)10-4-13)18(22)21(12)15-7-5-14(6-8-15)19(23)24/h3-11H,1-2H3,(H,23,24)/b17-11-. The molecular weight excluding hydrogens is 320 g/mol. The van der Waals surface area contributed by atoms with Gasteiger partial charge in [-0.25, -0.2) is 9.79 Å². The minimum absolute atomic E-state index is 0.166. The van der Waals surface area contributed by atoms with E-state index in [-0.39, 0.29) is 11.5 Å². The molecule has 1 heterocycles. The second kappa shape index (κ2) is 6.60. The Morgan fingerprint density at radius 2 is 1.76 bits per heavy atom. The fourth-order valence-corrected chi connectivity index (χ4v) is 2.54. The van der Waals surface area contributed by atoms with Crippen LogP contribution in [0.4, 0.5) is 5.69 Å². The molecule has 6 nitrogen and oxygen atoms in total. The number of nitrogens with zero attached hydrogens (tertiary/aromatic N) is 2. The lowest BCUT2D eigenvalue weighted by molar-refractivity contribution is -0.113. The molecule has 2 aromatic carbocycles. The summed E-state index contributed by atoms with van der Waals surface area (Å²) in [7, 11) is 1.59. The summed E-state index contributed by atoms with van der Waals surface area (Å²) in [6.45, 7) is 1.73. The first kappa shape index (κ1) is 16.4. The van der Waals surface area contributed by atoms with E-state index in [1.165, 1.54) is 17.0 Å². The number of carbonyl (C=O) groups is 2. The van der Waals surface area contributed by atoms with Crippen molar-refractivity contribution < 1.29 is 19.4 Å². The largest absolute Gasteiger partial charge is 0.497 e. The molecular formula is C19H16N2O4. The van der Waals surface area contributed by atoms with E-state index in [9.17, 15) is 9.59 Å². The molecule has 0 saturated carbocycles. The highest BCUT2D eigenvalue weighted by molar-refractivity contribution is 6.28. The topological polar surface area (TPSA) is 79.2 Å².